The molecule has 19 heavy (non-hydrogen) atoms. The highest BCUT2D eigenvalue weighted by atomic mass is 16.1. The van der Waals surface area contributed by atoms with E-state index in [0.29, 0.717) is 0 Å². The van der Waals surface area contributed by atoms with Crippen LogP contribution in [0.1, 0.15) is 42.4 Å². The van der Waals surface area contributed by atoms with Crippen molar-refractivity contribution in [2.75, 3.05) is 0 Å². The maximum Gasteiger partial charge on any atom is 0.254 e. The lowest BCUT2D eigenvalue weighted by Gasteiger charge is -2.16. The van der Waals surface area contributed by atoms with E-state index in [1.165, 1.54) is 5.56 Å². The molecule has 98 valence electrons. The summed E-state index contributed by atoms with van der Waals surface area (Å²) < 4.78 is 0. The van der Waals surface area contributed by atoms with Crippen LogP contribution in [0.15, 0.2) is 35.1 Å². The summed E-state index contributed by atoms with van der Waals surface area (Å²) in [6.07, 6.45) is 2.92. The van der Waals surface area contributed by atoms with Gasteiger partial charge in [-0.05, 0) is 31.7 Å². The van der Waals surface area contributed by atoms with Crippen molar-refractivity contribution in [1.29, 1.82) is 0 Å². The minimum absolute atomic E-state index is 0.00376. The normalized spacial score (nSPS) is 16.3. The molecule has 1 heterocycles. The van der Waals surface area contributed by atoms with Crippen molar-refractivity contribution >= 4 is 0 Å². The first kappa shape index (κ1) is 12.2. The molecule has 1 N–H and O–H groups in total. The van der Waals surface area contributed by atoms with E-state index in [-0.39, 0.29) is 11.0 Å². The number of nitrogens with one attached hydrogen (secondary N) is 1. The zero-order valence-electron chi connectivity index (χ0n) is 11.4. The van der Waals surface area contributed by atoms with Gasteiger partial charge in [0.2, 0.25) is 0 Å². The fraction of sp³-hybridized carbons (Fsp3) is 0.375. The van der Waals surface area contributed by atoms with Gasteiger partial charge in [0.25, 0.3) is 5.56 Å². The lowest BCUT2D eigenvalue weighted by atomic mass is 9.95. The van der Waals surface area contributed by atoms with Crippen molar-refractivity contribution in [2.24, 2.45) is 0 Å². The van der Waals surface area contributed by atoms with E-state index >= 15 is 0 Å². The third kappa shape index (κ3) is 1.89. The van der Waals surface area contributed by atoms with E-state index in [9.17, 15) is 4.79 Å². The van der Waals surface area contributed by atoms with Crippen LogP contribution < -0.4 is 5.56 Å². The molecule has 3 nitrogen and oxygen atoms in total. The molecule has 0 aliphatic heterocycles. The number of nitrogens with zero attached hydrogens (tertiary/aromatic N) is 1. The smallest absolute Gasteiger partial charge is 0.254 e. The second-order valence-electron chi connectivity index (χ2n) is 5.29. The topological polar surface area (TPSA) is 45.8 Å². The molecule has 1 aromatic carbocycles. The van der Waals surface area contributed by atoms with Crippen LogP contribution in [0.3, 0.4) is 0 Å². The Morgan fingerprint density at radius 3 is 2.53 bits per heavy atom. The zero-order chi connectivity index (χ0) is 13.5. The number of benzene rings is 1. The number of aryl methyl sites for hydroxylation is 1. The number of hydrogen-bond acceptors (Lipinski definition) is 2. The van der Waals surface area contributed by atoms with Crippen LogP contribution in [0.5, 0.6) is 0 Å². The molecule has 0 saturated heterocycles. The Kier molecular flexibility index (Phi) is 2.77. The molecule has 0 spiro atoms. The number of rotatable bonds is 3. The molecule has 1 aromatic heterocycles. The van der Waals surface area contributed by atoms with Crippen molar-refractivity contribution in [1.82, 2.24) is 9.97 Å². The van der Waals surface area contributed by atoms with Gasteiger partial charge in [0.15, 0.2) is 0 Å². The van der Waals surface area contributed by atoms with Crippen LogP contribution in [0, 0.1) is 6.92 Å². The van der Waals surface area contributed by atoms with Gasteiger partial charge in [-0.25, -0.2) is 4.98 Å². The van der Waals surface area contributed by atoms with Crippen LogP contribution in [0.4, 0.5) is 0 Å². The van der Waals surface area contributed by atoms with E-state index in [1.54, 1.807) is 0 Å². The van der Waals surface area contributed by atoms with Gasteiger partial charge in [-0.3, -0.25) is 4.79 Å². The Bertz CT molecular complexity index is 654. The van der Waals surface area contributed by atoms with Gasteiger partial charge >= 0.3 is 0 Å². The Hall–Kier alpha value is -1.90. The van der Waals surface area contributed by atoms with Crippen molar-refractivity contribution in [2.45, 2.75) is 38.5 Å². The van der Waals surface area contributed by atoms with Gasteiger partial charge in [0, 0.05) is 5.56 Å². The molecule has 3 rings (SSSR count). The minimum atomic E-state index is -0.0575. The molecule has 1 fully saturated rings. The first-order valence-corrected chi connectivity index (χ1v) is 6.83. The fourth-order valence-corrected chi connectivity index (χ4v) is 2.69. The highest BCUT2D eigenvalue weighted by Crippen LogP contribution is 2.51. The van der Waals surface area contributed by atoms with Gasteiger partial charge in [-0.1, -0.05) is 37.3 Å². The summed E-state index contributed by atoms with van der Waals surface area (Å²) in [5.41, 5.74) is 2.86. The van der Waals surface area contributed by atoms with Crippen molar-refractivity contribution < 1.29 is 0 Å². The third-order valence-electron chi connectivity index (χ3n) is 4.12. The van der Waals surface area contributed by atoms with Gasteiger partial charge in [-0.2, -0.15) is 0 Å². The molecule has 2 aromatic rings. The molecule has 1 aliphatic rings. The standard InChI is InChI=1S/C16H18N2O/c1-3-13-11(2)14(19)18-15(17-13)16(9-10-16)12-7-5-4-6-8-12/h4-8H,3,9-10H2,1-2H3,(H,17,18,19). The Balaban J connectivity index is 2.13. The van der Waals surface area contributed by atoms with Gasteiger partial charge < -0.3 is 4.98 Å². The molecule has 0 radical (unpaired) electrons. The number of hydrogen-bond donors (Lipinski definition) is 1. The summed E-state index contributed by atoms with van der Waals surface area (Å²) in [6.45, 7) is 3.89. The Morgan fingerprint density at radius 1 is 1.26 bits per heavy atom. The SMILES string of the molecule is CCc1nc(C2(c3ccccc3)CC2)[nH]c(=O)c1C. The highest BCUT2D eigenvalue weighted by Gasteiger charge is 2.48. The summed E-state index contributed by atoms with van der Waals surface area (Å²) in [6, 6.07) is 10.4. The summed E-state index contributed by atoms with van der Waals surface area (Å²) in [5, 5.41) is 0. The molecule has 0 amide bonds. The summed E-state index contributed by atoms with van der Waals surface area (Å²) in [4.78, 5) is 19.7. The lowest BCUT2D eigenvalue weighted by molar-refractivity contribution is 0.727. The molecule has 0 bridgehead atoms. The van der Waals surface area contributed by atoms with Crippen LogP contribution in [-0.4, -0.2) is 9.97 Å². The van der Waals surface area contributed by atoms with E-state index in [0.717, 1.165) is 36.3 Å². The predicted molar refractivity (Wildman–Crippen MR) is 75.4 cm³/mol. The van der Waals surface area contributed by atoms with Crippen LogP contribution in [0.2, 0.25) is 0 Å². The molecule has 0 unspecified atom stereocenters. The van der Waals surface area contributed by atoms with Crippen LogP contribution in [-0.2, 0) is 11.8 Å². The average Bonchev–Trinajstić information content (AvgIpc) is 3.24. The first-order chi connectivity index (χ1) is 9.17. The van der Waals surface area contributed by atoms with Crippen LogP contribution >= 0.6 is 0 Å². The average molecular weight is 254 g/mol. The second kappa shape index (κ2) is 4.34. The van der Waals surface area contributed by atoms with Crippen LogP contribution in [0.25, 0.3) is 0 Å². The Morgan fingerprint density at radius 2 is 1.95 bits per heavy atom. The predicted octanol–water partition coefficient (Wildman–Crippen LogP) is 2.72. The summed E-state index contributed by atoms with van der Waals surface area (Å²) in [7, 11) is 0. The first-order valence-electron chi connectivity index (χ1n) is 6.83. The molecule has 1 aliphatic carbocycles. The maximum absolute atomic E-state index is 12.0. The molecular formula is C16H18N2O. The van der Waals surface area contributed by atoms with E-state index < -0.39 is 0 Å². The van der Waals surface area contributed by atoms with Gasteiger partial charge in [0.05, 0.1) is 11.1 Å². The lowest BCUT2D eigenvalue weighted by Crippen LogP contribution is -2.23. The Labute approximate surface area is 112 Å². The largest absolute Gasteiger partial charge is 0.310 e. The van der Waals surface area contributed by atoms with Gasteiger partial charge in [-0.15, -0.1) is 0 Å². The quantitative estimate of drug-likeness (QED) is 0.915. The van der Waals surface area contributed by atoms with Crippen molar-refractivity contribution in [3.63, 3.8) is 0 Å². The van der Waals surface area contributed by atoms with E-state index in [1.807, 2.05) is 32.0 Å². The fourth-order valence-electron chi connectivity index (χ4n) is 2.69. The summed E-state index contributed by atoms with van der Waals surface area (Å²) >= 11 is 0. The second-order valence-corrected chi connectivity index (χ2v) is 5.29. The highest BCUT2D eigenvalue weighted by molar-refractivity contribution is 5.39. The summed E-state index contributed by atoms with van der Waals surface area (Å²) in [5.74, 6) is 0.839. The molecular weight excluding hydrogens is 236 g/mol. The number of H-pyrrole nitrogens is 1. The van der Waals surface area contributed by atoms with Crippen molar-refractivity contribution in [3.05, 3.63) is 63.3 Å². The monoisotopic (exact) mass is 254 g/mol. The number of aromatic nitrogens is 2. The maximum atomic E-state index is 12.0. The van der Waals surface area contributed by atoms with Crippen molar-refractivity contribution in [3.8, 4) is 0 Å². The third-order valence-corrected chi connectivity index (χ3v) is 4.12. The number of aromatic amines is 1. The van der Waals surface area contributed by atoms with E-state index in [2.05, 4.69) is 17.1 Å². The molecule has 0 atom stereocenters. The molecule has 1 saturated carbocycles. The minimum Gasteiger partial charge on any atom is -0.310 e. The van der Waals surface area contributed by atoms with Gasteiger partial charge in [0.1, 0.15) is 5.82 Å². The van der Waals surface area contributed by atoms with E-state index in [4.69, 9.17) is 4.98 Å². The molecule has 3 heteroatoms. The zero-order valence-corrected chi connectivity index (χ0v) is 11.4.